The Balaban J connectivity index is 1.61. The van der Waals surface area contributed by atoms with E-state index in [-0.39, 0.29) is 6.61 Å². The van der Waals surface area contributed by atoms with Crippen molar-refractivity contribution in [3.8, 4) is 0 Å². The van der Waals surface area contributed by atoms with Gasteiger partial charge in [0.2, 0.25) is 5.83 Å². The quantitative estimate of drug-likeness (QED) is 0.539. The first-order valence-electron chi connectivity index (χ1n) is 10.3. The molecular weight excluding hydrogens is 381 g/mol. The van der Waals surface area contributed by atoms with Crippen molar-refractivity contribution in [3.05, 3.63) is 28.7 Å². The monoisotopic (exact) mass is 409 g/mol. The molecule has 1 saturated heterocycles. The van der Waals surface area contributed by atoms with Crippen LogP contribution in [0.3, 0.4) is 0 Å². The molecule has 154 valence electrons. The highest BCUT2D eigenvalue weighted by Crippen LogP contribution is 2.28. The molecule has 1 aliphatic carbocycles. The molecule has 2 heterocycles. The van der Waals surface area contributed by atoms with E-state index in [1.54, 1.807) is 13.0 Å². The molecule has 0 amide bonds. The number of piperidine rings is 1. The zero-order valence-corrected chi connectivity index (χ0v) is 17.2. The van der Waals surface area contributed by atoms with Gasteiger partial charge in [-0.2, -0.15) is 4.39 Å². The second kappa shape index (κ2) is 10.2. The first-order chi connectivity index (χ1) is 13.6. The van der Waals surface area contributed by atoms with Crippen LogP contribution >= 0.6 is 11.6 Å². The van der Waals surface area contributed by atoms with Crippen LogP contribution in [-0.2, 0) is 9.53 Å². The maximum atomic E-state index is 13.8. The molecule has 2 fully saturated rings. The van der Waals surface area contributed by atoms with Gasteiger partial charge in [0.25, 0.3) is 0 Å². The van der Waals surface area contributed by atoms with Crippen LogP contribution in [-0.4, -0.2) is 47.6 Å². The summed E-state index contributed by atoms with van der Waals surface area (Å²) in [6.07, 6.45) is 11.5. The molecule has 1 atom stereocenters. The molecule has 1 aromatic rings. The Morgan fingerprint density at radius 3 is 2.86 bits per heavy atom. The summed E-state index contributed by atoms with van der Waals surface area (Å²) in [5.41, 5.74) is 0.425. The third-order valence-electron chi connectivity index (χ3n) is 5.51. The van der Waals surface area contributed by atoms with Gasteiger partial charge in [0.05, 0.1) is 11.6 Å². The van der Waals surface area contributed by atoms with E-state index in [1.807, 2.05) is 0 Å². The fourth-order valence-corrected chi connectivity index (χ4v) is 4.37. The summed E-state index contributed by atoms with van der Waals surface area (Å²) in [6.45, 7) is 3.93. The van der Waals surface area contributed by atoms with E-state index >= 15 is 0 Å². The fraction of sp³-hybridized carbons (Fsp3) is 0.619. The molecule has 1 saturated carbocycles. The van der Waals surface area contributed by atoms with Crippen LogP contribution in [0, 0.1) is 0 Å². The van der Waals surface area contributed by atoms with E-state index in [1.165, 1.54) is 44.8 Å². The van der Waals surface area contributed by atoms with Crippen LogP contribution in [0.2, 0.25) is 5.02 Å². The molecule has 1 aromatic heterocycles. The summed E-state index contributed by atoms with van der Waals surface area (Å²) in [6, 6.07) is 2.62. The van der Waals surface area contributed by atoms with Crippen LogP contribution in [0.1, 0.15) is 57.4 Å². The molecule has 0 radical (unpaired) electrons. The van der Waals surface area contributed by atoms with Crippen LogP contribution in [0.15, 0.2) is 18.1 Å². The van der Waals surface area contributed by atoms with Gasteiger partial charge in [-0.3, -0.25) is 4.90 Å². The minimum atomic E-state index is -0.981. The van der Waals surface area contributed by atoms with E-state index in [4.69, 9.17) is 11.6 Å². The predicted molar refractivity (Wildman–Crippen MR) is 110 cm³/mol. The Hall–Kier alpha value is -1.66. The van der Waals surface area contributed by atoms with Crippen molar-refractivity contribution < 1.29 is 13.9 Å². The number of halogens is 2. The number of carbonyl (C=O) groups excluding carboxylic acids is 1. The number of nitrogens with one attached hydrogen (secondary N) is 1. The largest absolute Gasteiger partial charge is 0.461 e. The minimum Gasteiger partial charge on any atom is -0.461 e. The molecule has 28 heavy (non-hydrogen) atoms. The number of hydrogen-bond acceptors (Lipinski definition) is 5. The average molecular weight is 410 g/mol. The Morgan fingerprint density at radius 2 is 2.14 bits per heavy atom. The van der Waals surface area contributed by atoms with E-state index in [0.29, 0.717) is 28.5 Å². The van der Waals surface area contributed by atoms with Gasteiger partial charge >= 0.3 is 5.97 Å². The third-order valence-corrected chi connectivity index (χ3v) is 5.80. The Bertz CT molecular complexity index is 707. The molecular formula is C21H29ClFN3O2. The zero-order chi connectivity index (χ0) is 19.9. The second-order valence-corrected chi connectivity index (χ2v) is 7.99. The van der Waals surface area contributed by atoms with E-state index in [9.17, 15) is 9.18 Å². The number of rotatable bonds is 6. The molecule has 7 heteroatoms. The standard InChI is InChI=1S/C21H29ClFN3O2/c1-2-28-21(27)19(23)12-15-11-18(22)20(24-13-15)25-16-7-6-10-26(14-16)17-8-4-3-5-9-17/h11-13,16-17H,2-10,14H2,1H3,(H,24,25)/t16-/m1/s1. The van der Waals surface area contributed by atoms with Crippen molar-refractivity contribution >= 4 is 29.5 Å². The molecule has 1 aliphatic heterocycles. The van der Waals surface area contributed by atoms with Crippen molar-refractivity contribution in [2.75, 3.05) is 25.0 Å². The Morgan fingerprint density at radius 1 is 1.36 bits per heavy atom. The van der Waals surface area contributed by atoms with Gasteiger partial charge in [0.1, 0.15) is 5.82 Å². The maximum Gasteiger partial charge on any atom is 0.367 e. The molecule has 2 aliphatic rings. The highest BCUT2D eigenvalue weighted by molar-refractivity contribution is 6.33. The van der Waals surface area contributed by atoms with Crippen LogP contribution in [0.25, 0.3) is 6.08 Å². The number of aromatic nitrogens is 1. The minimum absolute atomic E-state index is 0.126. The number of hydrogen-bond donors (Lipinski definition) is 1. The summed E-state index contributed by atoms with van der Waals surface area (Å²) in [5, 5.41) is 3.87. The normalized spacial score (nSPS) is 22.1. The SMILES string of the molecule is CCOC(=O)C(F)=Cc1cnc(N[C@@H]2CCCN(C3CCCCC3)C2)c(Cl)c1. The number of anilines is 1. The molecule has 0 unspecified atom stereocenters. The number of nitrogens with zero attached hydrogens (tertiary/aromatic N) is 2. The lowest BCUT2D eigenvalue weighted by molar-refractivity contribution is -0.140. The number of esters is 1. The molecule has 0 bridgehead atoms. The van der Waals surface area contributed by atoms with Gasteiger partial charge in [-0.1, -0.05) is 30.9 Å². The van der Waals surface area contributed by atoms with Gasteiger partial charge in [-0.25, -0.2) is 9.78 Å². The summed E-state index contributed by atoms with van der Waals surface area (Å²) >= 11 is 6.35. The summed E-state index contributed by atoms with van der Waals surface area (Å²) in [4.78, 5) is 18.3. The molecule has 0 spiro atoms. The maximum absolute atomic E-state index is 13.8. The Labute approximate surface area is 171 Å². The topological polar surface area (TPSA) is 54.5 Å². The summed E-state index contributed by atoms with van der Waals surface area (Å²) < 4.78 is 18.4. The van der Waals surface area contributed by atoms with E-state index < -0.39 is 11.8 Å². The van der Waals surface area contributed by atoms with E-state index in [0.717, 1.165) is 25.5 Å². The van der Waals surface area contributed by atoms with Gasteiger partial charge < -0.3 is 10.1 Å². The van der Waals surface area contributed by atoms with Crippen molar-refractivity contribution in [2.24, 2.45) is 0 Å². The molecule has 3 rings (SSSR count). The molecule has 5 nitrogen and oxygen atoms in total. The number of carbonyl (C=O) groups is 1. The predicted octanol–water partition coefficient (Wildman–Crippen LogP) is 4.82. The Kier molecular flexibility index (Phi) is 7.68. The third kappa shape index (κ3) is 5.67. The zero-order valence-electron chi connectivity index (χ0n) is 16.4. The van der Waals surface area contributed by atoms with Crippen molar-refractivity contribution in [3.63, 3.8) is 0 Å². The highest BCUT2D eigenvalue weighted by atomic mass is 35.5. The van der Waals surface area contributed by atoms with E-state index in [2.05, 4.69) is 19.9 Å². The summed E-state index contributed by atoms with van der Waals surface area (Å²) in [7, 11) is 0. The molecule has 0 aromatic carbocycles. The number of pyridine rings is 1. The molecule has 1 N–H and O–H groups in total. The smallest absolute Gasteiger partial charge is 0.367 e. The van der Waals surface area contributed by atoms with Gasteiger partial charge in [0, 0.05) is 24.8 Å². The number of ether oxygens (including phenoxy) is 1. The lowest BCUT2D eigenvalue weighted by Gasteiger charge is -2.40. The number of likely N-dealkylation sites (tertiary alicyclic amines) is 1. The van der Waals surface area contributed by atoms with Gasteiger partial charge in [-0.05, 0) is 56.9 Å². The summed E-state index contributed by atoms with van der Waals surface area (Å²) in [5.74, 6) is -1.34. The lowest BCUT2D eigenvalue weighted by atomic mass is 9.92. The van der Waals surface area contributed by atoms with Crippen LogP contribution < -0.4 is 5.32 Å². The average Bonchev–Trinajstić information content (AvgIpc) is 2.71. The van der Waals surface area contributed by atoms with Gasteiger partial charge in [-0.15, -0.1) is 0 Å². The van der Waals surface area contributed by atoms with Crippen LogP contribution in [0.5, 0.6) is 0 Å². The second-order valence-electron chi connectivity index (χ2n) is 7.58. The first kappa shape index (κ1) is 21.1. The lowest BCUT2D eigenvalue weighted by Crippen LogP contribution is -2.47. The van der Waals surface area contributed by atoms with Crippen molar-refractivity contribution in [1.29, 1.82) is 0 Å². The van der Waals surface area contributed by atoms with Gasteiger partial charge in [0.15, 0.2) is 0 Å². The fourth-order valence-electron chi connectivity index (χ4n) is 4.14. The van der Waals surface area contributed by atoms with Crippen molar-refractivity contribution in [2.45, 2.75) is 64.0 Å². The van der Waals surface area contributed by atoms with Crippen molar-refractivity contribution in [1.82, 2.24) is 9.88 Å². The highest BCUT2D eigenvalue weighted by Gasteiger charge is 2.27. The first-order valence-corrected chi connectivity index (χ1v) is 10.6. The van der Waals surface area contributed by atoms with Crippen LogP contribution in [0.4, 0.5) is 10.2 Å².